The number of anilines is 1. The van der Waals surface area contributed by atoms with Crippen LogP contribution in [0.4, 0.5) is 5.69 Å². The van der Waals surface area contributed by atoms with E-state index in [9.17, 15) is 9.59 Å². The van der Waals surface area contributed by atoms with Crippen LogP contribution in [-0.4, -0.2) is 33.9 Å². The van der Waals surface area contributed by atoms with E-state index in [0.29, 0.717) is 35.9 Å². The number of carbonyl (C=O) groups excluding carboxylic acids is 2. The molecule has 0 radical (unpaired) electrons. The Hall–Kier alpha value is -4.74. The van der Waals surface area contributed by atoms with Gasteiger partial charge in [0.25, 0.3) is 5.22 Å². The van der Waals surface area contributed by atoms with Crippen molar-refractivity contribution in [3.8, 4) is 22.6 Å². The smallest absolute Gasteiger partial charge is 0.256 e. The zero-order chi connectivity index (χ0) is 35.4. The van der Waals surface area contributed by atoms with Crippen LogP contribution in [0.3, 0.4) is 0 Å². The first-order chi connectivity index (χ1) is 24.9. The molecule has 6 rings (SSSR count). The largest absolute Gasteiger partial charge is 0.431 e. The summed E-state index contributed by atoms with van der Waals surface area (Å²) in [4.78, 5) is 28.6. The third-order valence-corrected chi connectivity index (χ3v) is 9.72. The summed E-state index contributed by atoms with van der Waals surface area (Å²) < 4.78 is 19.5. The van der Waals surface area contributed by atoms with E-state index in [4.69, 9.17) is 24.1 Å². The van der Waals surface area contributed by atoms with Gasteiger partial charge in [-0.1, -0.05) is 127 Å². The van der Waals surface area contributed by atoms with Gasteiger partial charge in [0.1, 0.15) is 5.69 Å². The number of hydroxylamine groups is 1. The molecule has 10 heteroatoms. The van der Waals surface area contributed by atoms with Crippen molar-refractivity contribution >= 4 is 29.3 Å². The van der Waals surface area contributed by atoms with Gasteiger partial charge >= 0.3 is 0 Å². The molecule has 51 heavy (non-hydrogen) atoms. The van der Waals surface area contributed by atoms with E-state index in [-0.39, 0.29) is 30.4 Å². The number of aromatic nitrogens is 1. The average molecular weight is 706 g/mol. The van der Waals surface area contributed by atoms with Gasteiger partial charge in [0, 0.05) is 47.4 Å². The monoisotopic (exact) mass is 705 g/mol. The molecule has 2 heterocycles. The van der Waals surface area contributed by atoms with Gasteiger partial charge in [-0.2, -0.15) is 0 Å². The van der Waals surface area contributed by atoms with E-state index in [1.165, 1.54) is 17.3 Å². The quantitative estimate of drug-likeness (QED) is 0.0426. The summed E-state index contributed by atoms with van der Waals surface area (Å²) in [6.45, 7) is 2.07. The number of nitrogens with zero attached hydrogens (tertiary/aromatic N) is 1. The van der Waals surface area contributed by atoms with Gasteiger partial charge in [0.05, 0.1) is 12.2 Å². The van der Waals surface area contributed by atoms with Crippen molar-refractivity contribution in [3.63, 3.8) is 0 Å². The Kier molecular flexibility index (Phi) is 12.7. The summed E-state index contributed by atoms with van der Waals surface area (Å²) in [5, 5.41) is 12.1. The molecular formula is C41H43N3O6S. The van der Waals surface area contributed by atoms with Crippen LogP contribution < -0.4 is 10.8 Å². The second-order valence-electron chi connectivity index (χ2n) is 12.7. The minimum absolute atomic E-state index is 0.0603. The number of ether oxygens (including phenoxy) is 2. The first-order valence-corrected chi connectivity index (χ1v) is 18.4. The normalized spacial score (nSPS) is 17.2. The number of amides is 2. The second-order valence-corrected chi connectivity index (χ2v) is 13.7. The lowest BCUT2D eigenvalue weighted by Crippen LogP contribution is -2.31. The molecule has 3 N–H and O–H groups in total. The molecule has 264 valence electrons. The predicted molar refractivity (Wildman–Crippen MR) is 198 cm³/mol. The molecule has 0 aliphatic carbocycles. The number of hydrogen-bond donors (Lipinski definition) is 3. The summed E-state index contributed by atoms with van der Waals surface area (Å²) in [5.74, 6) is 0.912. The molecule has 1 saturated heterocycles. The van der Waals surface area contributed by atoms with Crippen LogP contribution in [0.5, 0.6) is 0 Å². The summed E-state index contributed by atoms with van der Waals surface area (Å²) in [7, 11) is 0. The summed E-state index contributed by atoms with van der Waals surface area (Å²) in [6.07, 6.45) is 3.48. The molecule has 0 saturated carbocycles. The number of hydrogen-bond acceptors (Lipinski definition) is 8. The fourth-order valence-electron chi connectivity index (χ4n) is 6.00. The molecule has 1 aliphatic heterocycles. The zero-order valence-corrected chi connectivity index (χ0v) is 29.4. The Bertz CT molecular complexity index is 1790. The van der Waals surface area contributed by atoms with Crippen molar-refractivity contribution in [2.75, 3.05) is 11.1 Å². The molecule has 0 spiro atoms. The highest BCUT2D eigenvalue weighted by atomic mass is 32.2. The minimum atomic E-state index is -0.599. The number of carbonyl (C=O) groups is 2. The highest BCUT2D eigenvalue weighted by Crippen LogP contribution is 2.41. The van der Waals surface area contributed by atoms with Gasteiger partial charge < -0.3 is 19.2 Å². The molecule has 3 unspecified atom stereocenters. The Balaban J connectivity index is 1.11. The molecule has 5 aromatic rings. The lowest BCUT2D eigenvalue weighted by molar-refractivity contribution is -0.245. The van der Waals surface area contributed by atoms with E-state index >= 15 is 0 Å². The second kappa shape index (κ2) is 18.0. The van der Waals surface area contributed by atoms with Gasteiger partial charge in [0.15, 0.2) is 12.1 Å². The van der Waals surface area contributed by atoms with Gasteiger partial charge in [-0.05, 0) is 37.5 Å². The fourth-order valence-corrected chi connectivity index (χ4v) is 6.84. The van der Waals surface area contributed by atoms with Gasteiger partial charge in [0.2, 0.25) is 11.8 Å². The van der Waals surface area contributed by atoms with Gasteiger partial charge in [-0.15, -0.1) is 0 Å². The van der Waals surface area contributed by atoms with Crippen molar-refractivity contribution in [1.29, 1.82) is 0 Å². The van der Waals surface area contributed by atoms with Crippen LogP contribution in [0.25, 0.3) is 22.6 Å². The Morgan fingerprint density at radius 2 is 1.39 bits per heavy atom. The van der Waals surface area contributed by atoms with Crippen LogP contribution in [0.2, 0.25) is 0 Å². The molecule has 4 aromatic carbocycles. The summed E-state index contributed by atoms with van der Waals surface area (Å²) in [6, 6.07) is 36.2. The molecule has 1 fully saturated rings. The molecular weight excluding hydrogens is 663 g/mol. The third-order valence-electron chi connectivity index (χ3n) is 8.76. The minimum Gasteiger partial charge on any atom is -0.431 e. The number of rotatable bonds is 15. The van der Waals surface area contributed by atoms with E-state index < -0.39 is 6.29 Å². The zero-order valence-electron chi connectivity index (χ0n) is 28.6. The maximum absolute atomic E-state index is 12.6. The van der Waals surface area contributed by atoms with E-state index in [1.807, 2.05) is 84.9 Å². The van der Waals surface area contributed by atoms with E-state index in [0.717, 1.165) is 53.0 Å². The standard InChI is InChI=1S/C41H43N3O6S/c1-28-18-20-29(21-19-28)35-26-34(27-51-41-43-38(30-12-6-4-7-13-30)39(50-41)31-14-8-5-9-15-31)48-40(49-35)32-22-24-33(25-23-32)42-36(45)16-10-2-3-11-17-37(46)44-47/h4-9,12-15,18-25,34-35,40,47H,2-3,10-11,16-17,26-27H2,1H3,(H,42,45)(H,44,46). The first kappa shape index (κ1) is 36.1. The van der Waals surface area contributed by atoms with E-state index in [2.05, 4.69) is 36.5 Å². The van der Waals surface area contributed by atoms with Crippen molar-refractivity contribution in [2.24, 2.45) is 0 Å². The molecule has 9 nitrogen and oxygen atoms in total. The highest BCUT2D eigenvalue weighted by Gasteiger charge is 2.33. The van der Waals surface area contributed by atoms with Gasteiger partial charge in [-0.3, -0.25) is 14.8 Å². The maximum atomic E-state index is 12.6. The van der Waals surface area contributed by atoms with Crippen molar-refractivity contribution in [1.82, 2.24) is 10.5 Å². The Morgan fingerprint density at radius 1 is 0.765 bits per heavy atom. The van der Waals surface area contributed by atoms with Crippen LogP contribution in [0.15, 0.2) is 119 Å². The number of aryl methyl sites for hydroxylation is 1. The van der Waals surface area contributed by atoms with Crippen LogP contribution in [0.1, 0.15) is 74.0 Å². The van der Waals surface area contributed by atoms with Crippen molar-refractivity contribution in [2.45, 2.75) is 75.6 Å². The maximum Gasteiger partial charge on any atom is 0.256 e. The summed E-state index contributed by atoms with van der Waals surface area (Å²) >= 11 is 1.54. The van der Waals surface area contributed by atoms with Gasteiger partial charge in [-0.25, -0.2) is 10.5 Å². The number of oxazole rings is 1. The fraction of sp³-hybridized carbons (Fsp3) is 0.293. The predicted octanol–water partition coefficient (Wildman–Crippen LogP) is 9.44. The topological polar surface area (TPSA) is 123 Å². The highest BCUT2D eigenvalue weighted by molar-refractivity contribution is 7.99. The summed E-state index contributed by atoms with van der Waals surface area (Å²) in [5.41, 5.74) is 8.26. The molecule has 3 atom stereocenters. The lowest BCUT2D eigenvalue weighted by atomic mass is 10.0. The van der Waals surface area contributed by atoms with Crippen molar-refractivity contribution in [3.05, 3.63) is 126 Å². The molecule has 1 aromatic heterocycles. The molecule has 0 bridgehead atoms. The number of unbranched alkanes of at least 4 members (excludes halogenated alkanes) is 3. The SMILES string of the molecule is Cc1ccc(C2CC(CSc3nc(-c4ccccc4)c(-c4ccccc4)o3)OC(c3ccc(NC(=O)CCCCCCC(=O)NO)cc3)O2)cc1. The van der Waals surface area contributed by atoms with Crippen LogP contribution >= 0.6 is 11.8 Å². The first-order valence-electron chi connectivity index (χ1n) is 17.4. The third kappa shape index (κ3) is 10.2. The lowest BCUT2D eigenvalue weighted by Gasteiger charge is -2.36. The Labute approximate surface area is 302 Å². The van der Waals surface area contributed by atoms with Crippen LogP contribution in [-0.2, 0) is 19.1 Å². The van der Waals surface area contributed by atoms with E-state index in [1.54, 1.807) is 5.48 Å². The number of nitrogens with one attached hydrogen (secondary N) is 2. The molecule has 1 aliphatic rings. The molecule has 2 amide bonds. The van der Waals surface area contributed by atoms with Crippen molar-refractivity contribution < 1.29 is 28.7 Å². The van der Waals surface area contributed by atoms with Crippen LogP contribution in [0, 0.1) is 6.92 Å². The number of benzene rings is 4. The number of thioether (sulfide) groups is 1. The average Bonchev–Trinajstić information content (AvgIpc) is 3.61. The Morgan fingerprint density at radius 3 is 2.06 bits per heavy atom.